The van der Waals surface area contributed by atoms with Crippen LogP contribution in [0.2, 0.25) is 0 Å². The first kappa shape index (κ1) is 18.7. The Morgan fingerprint density at radius 2 is 1.90 bits per heavy atom. The summed E-state index contributed by atoms with van der Waals surface area (Å²) in [4.78, 5) is 41.2. The third-order valence-corrected chi connectivity index (χ3v) is 4.91. The lowest BCUT2D eigenvalue weighted by atomic mass is 10.1. The van der Waals surface area contributed by atoms with Crippen LogP contribution in [0.1, 0.15) is 23.2 Å². The minimum absolute atomic E-state index is 0.138. The lowest BCUT2D eigenvalue weighted by Crippen LogP contribution is -2.42. The molecule has 8 nitrogen and oxygen atoms in total. The van der Waals surface area contributed by atoms with Crippen molar-refractivity contribution >= 4 is 34.4 Å². The first-order valence-electron chi connectivity index (χ1n) is 9.49. The van der Waals surface area contributed by atoms with Gasteiger partial charge in [-0.3, -0.25) is 14.4 Å². The second kappa shape index (κ2) is 8.14. The molecule has 0 fully saturated rings. The quantitative estimate of drug-likeness (QED) is 0.595. The van der Waals surface area contributed by atoms with E-state index in [1.165, 1.54) is 0 Å². The van der Waals surface area contributed by atoms with Crippen LogP contribution in [0.25, 0.3) is 11.0 Å². The van der Waals surface area contributed by atoms with Crippen LogP contribution in [-0.2, 0) is 16.1 Å². The third kappa shape index (κ3) is 4.11. The van der Waals surface area contributed by atoms with Crippen LogP contribution in [0.3, 0.4) is 0 Å². The van der Waals surface area contributed by atoms with E-state index in [0.717, 1.165) is 11.0 Å². The molecule has 0 saturated carbocycles. The van der Waals surface area contributed by atoms with Crippen LogP contribution >= 0.6 is 0 Å². The number of aromatic nitrogens is 2. The van der Waals surface area contributed by atoms with Gasteiger partial charge in [-0.15, -0.1) is 0 Å². The molecule has 3 aromatic rings. The molecule has 3 amide bonds. The number of imidazole rings is 1. The summed E-state index contributed by atoms with van der Waals surface area (Å²) in [5.41, 5.74) is 2.82. The number of hydrogen-bond acceptors (Lipinski definition) is 4. The molecular weight excluding hydrogens is 370 g/mol. The minimum Gasteiger partial charge on any atom is -0.354 e. The molecule has 0 spiro atoms. The maximum Gasteiger partial charge on any atom is 0.254 e. The molecule has 3 N–H and O–H groups in total. The monoisotopic (exact) mass is 391 g/mol. The van der Waals surface area contributed by atoms with Gasteiger partial charge in [-0.05, 0) is 30.7 Å². The molecule has 0 bridgehead atoms. The van der Waals surface area contributed by atoms with Crippen molar-refractivity contribution in [2.75, 3.05) is 11.9 Å². The van der Waals surface area contributed by atoms with Crippen molar-refractivity contribution in [3.05, 3.63) is 60.4 Å². The van der Waals surface area contributed by atoms with Crippen LogP contribution in [0.4, 0.5) is 5.69 Å². The number of amides is 3. The van der Waals surface area contributed by atoms with Crippen LogP contribution in [0.5, 0.6) is 0 Å². The van der Waals surface area contributed by atoms with E-state index in [-0.39, 0.29) is 30.6 Å². The summed E-state index contributed by atoms with van der Waals surface area (Å²) in [5, 5.41) is 8.29. The van der Waals surface area contributed by atoms with Gasteiger partial charge in [0.1, 0.15) is 6.04 Å². The molecule has 1 atom stereocenters. The summed E-state index contributed by atoms with van der Waals surface area (Å²) in [6, 6.07) is 13.9. The average molecular weight is 391 g/mol. The van der Waals surface area contributed by atoms with Gasteiger partial charge < -0.3 is 20.5 Å². The fraction of sp³-hybridized carbons (Fsp3) is 0.238. The highest BCUT2D eigenvalue weighted by Crippen LogP contribution is 2.19. The molecule has 2 aromatic carbocycles. The second-order valence-electron chi connectivity index (χ2n) is 6.88. The molecule has 1 aromatic heterocycles. The molecule has 8 heteroatoms. The highest BCUT2D eigenvalue weighted by molar-refractivity contribution is 6.09. The Hall–Kier alpha value is -3.68. The van der Waals surface area contributed by atoms with E-state index in [1.807, 2.05) is 28.8 Å². The molecule has 148 valence electrons. The summed E-state index contributed by atoms with van der Waals surface area (Å²) in [7, 11) is 0. The van der Waals surface area contributed by atoms with E-state index < -0.39 is 6.04 Å². The highest BCUT2D eigenvalue weighted by atomic mass is 16.2. The van der Waals surface area contributed by atoms with Gasteiger partial charge >= 0.3 is 0 Å². The predicted octanol–water partition coefficient (Wildman–Crippen LogP) is 1.68. The fourth-order valence-electron chi connectivity index (χ4n) is 3.38. The number of nitrogens with zero attached hydrogens (tertiary/aromatic N) is 2. The summed E-state index contributed by atoms with van der Waals surface area (Å²) in [6.45, 7) is 1.05. The third-order valence-electron chi connectivity index (χ3n) is 4.91. The molecule has 2 heterocycles. The Kier molecular flexibility index (Phi) is 5.24. The number of carbonyl (C=O) groups is 3. The zero-order chi connectivity index (χ0) is 20.2. The number of carbonyl (C=O) groups excluding carboxylic acids is 3. The smallest absolute Gasteiger partial charge is 0.254 e. The number of nitrogens with one attached hydrogen (secondary N) is 3. The van der Waals surface area contributed by atoms with Crippen LogP contribution < -0.4 is 16.0 Å². The Morgan fingerprint density at radius 3 is 2.79 bits per heavy atom. The molecule has 0 saturated heterocycles. The van der Waals surface area contributed by atoms with Gasteiger partial charge in [0.25, 0.3) is 5.91 Å². The largest absolute Gasteiger partial charge is 0.354 e. The summed E-state index contributed by atoms with van der Waals surface area (Å²) < 4.78 is 1.98. The predicted molar refractivity (Wildman–Crippen MR) is 108 cm³/mol. The maximum absolute atomic E-state index is 12.4. The van der Waals surface area contributed by atoms with Crippen molar-refractivity contribution in [2.24, 2.45) is 0 Å². The molecule has 29 heavy (non-hydrogen) atoms. The number of anilines is 1. The fourth-order valence-corrected chi connectivity index (χ4v) is 3.38. The van der Waals surface area contributed by atoms with Crippen molar-refractivity contribution in [3.8, 4) is 0 Å². The van der Waals surface area contributed by atoms with Gasteiger partial charge in [0.15, 0.2) is 0 Å². The number of benzene rings is 2. The first-order valence-corrected chi connectivity index (χ1v) is 9.49. The molecule has 4 rings (SSSR count). The lowest BCUT2D eigenvalue weighted by molar-refractivity contribution is -0.121. The number of para-hydroxylation sites is 3. The van der Waals surface area contributed by atoms with Crippen LogP contribution in [0, 0.1) is 0 Å². The Bertz CT molecular complexity index is 1070. The van der Waals surface area contributed by atoms with Crippen molar-refractivity contribution in [1.82, 2.24) is 20.2 Å². The van der Waals surface area contributed by atoms with E-state index in [0.29, 0.717) is 24.3 Å². The maximum atomic E-state index is 12.4. The van der Waals surface area contributed by atoms with Gasteiger partial charge in [0.2, 0.25) is 11.8 Å². The van der Waals surface area contributed by atoms with Crippen molar-refractivity contribution in [3.63, 3.8) is 0 Å². The van der Waals surface area contributed by atoms with Crippen molar-refractivity contribution in [2.45, 2.75) is 25.4 Å². The summed E-state index contributed by atoms with van der Waals surface area (Å²) in [5.74, 6) is -0.810. The van der Waals surface area contributed by atoms with Crippen LogP contribution in [-0.4, -0.2) is 39.9 Å². The molecular formula is C21H21N5O3. The average Bonchev–Trinajstić information content (AvgIpc) is 3.09. The molecule has 1 aliphatic rings. The molecule has 0 unspecified atom stereocenters. The number of rotatable bonds is 6. The summed E-state index contributed by atoms with van der Waals surface area (Å²) in [6.07, 6.45) is 2.12. The van der Waals surface area contributed by atoms with Gasteiger partial charge in [-0.2, -0.15) is 0 Å². The van der Waals surface area contributed by atoms with Gasteiger partial charge in [-0.1, -0.05) is 24.3 Å². The zero-order valence-corrected chi connectivity index (χ0v) is 15.7. The van der Waals surface area contributed by atoms with Crippen LogP contribution in [0.15, 0.2) is 54.9 Å². The van der Waals surface area contributed by atoms with E-state index in [2.05, 4.69) is 20.9 Å². The molecule has 0 radical (unpaired) electrons. The minimum atomic E-state index is -0.752. The van der Waals surface area contributed by atoms with E-state index in [1.54, 1.807) is 30.6 Å². The van der Waals surface area contributed by atoms with Crippen molar-refractivity contribution in [1.29, 1.82) is 0 Å². The normalized spacial score (nSPS) is 15.9. The van der Waals surface area contributed by atoms with E-state index >= 15 is 0 Å². The van der Waals surface area contributed by atoms with Gasteiger partial charge in [0, 0.05) is 19.5 Å². The van der Waals surface area contributed by atoms with Gasteiger partial charge in [0.05, 0.1) is 28.6 Å². The van der Waals surface area contributed by atoms with Gasteiger partial charge in [-0.25, -0.2) is 4.98 Å². The Morgan fingerprint density at radius 1 is 1.10 bits per heavy atom. The summed E-state index contributed by atoms with van der Waals surface area (Å²) >= 11 is 0. The zero-order valence-electron chi connectivity index (χ0n) is 15.7. The topological polar surface area (TPSA) is 105 Å². The number of fused-ring (bicyclic) bond motifs is 2. The Balaban J connectivity index is 1.27. The highest BCUT2D eigenvalue weighted by Gasteiger charge is 2.27. The standard InChI is InChI=1S/C21H21N5O3/c27-19(22-11-12-26-13-23-16-7-3-4-8-18(16)26)10-9-17-21(29)24-15-6-2-1-5-14(15)20(28)25-17/h1-8,13,17H,9-12H2,(H,22,27)(H,24,29)(H,25,28)/t17-/m0/s1. The first-order chi connectivity index (χ1) is 14.1. The van der Waals surface area contributed by atoms with E-state index in [4.69, 9.17) is 0 Å². The number of hydrogen-bond donors (Lipinski definition) is 3. The lowest BCUT2D eigenvalue weighted by Gasteiger charge is -2.14. The second-order valence-corrected chi connectivity index (χ2v) is 6.88. The van der Waals surface area contributed by atoms with E-state index in [9.17, 15) is 14.4 Å². The van der Waals surface area contributed by atoms with Crippen molar-refractivity contribution < 1.29 is 14.4 Å². The molecule has 1 aliphatic heterocycles. The molecule has 0 aliphatic carbocycles. The Labute approximate surface area is 167 Å². The SMILES string of the molecule is O=C(CC[C@@H]1NC(=O)c2ccccc2NC1=O)NCCn1cnc2ccccc21.